The topological polar surface area (TPSA) is 67.4 Å². The third-order valence-electron chi connectivity index (χ3n) is 2.15. The zero-order valence-corrected chi connectivity index (χ0v) is 11.8. The minimum Gasteiger partial charge on any atom is -0.465 e. The molecule has 0 aliphatic heterocycles. The van der Waals surface area contributed by atoms with E-state index in [2.05, 4.69) is 15.4 Å². The van der Waals surface area contributed by atoms with Crippen LogP contribution in [0.25, 0.3) is 0 Å². The summed E-state index contributed by atoms with van der Waals surface area (Å²) in [5, 5.41) is 5.94. The van der Waals surface area contributed by atoms with E-state index in [0.717, 1.165) is 5.56 Å². The molecule has 1 aromatic carbocycles. The summed E-state index contributed by atoms with van der Waals surface area (Å²) in [6.07, 6.45) is 0. The van der Waals surface area contributed by atoms with Gasteiger partial charge in [0.2, 0.25) is 0 Å². The average molecular weight is 305 g/mol. The Labute approximate surface area is 121 Å². The number of urea groups is 1. The third-order valence-corrected chi connectivity index (χ3v) is 2.74. The van der Waals surface area contributed by atoms with E-state index in [0.29, 0.717) is 10.0 Å². The molecule has 0 aliphatic rings. The van der Waals surface area contributed by atoms with Crippen LogP contribution in [-0.4, -0.2) is 25.2 Å². The van der Waals surface area contributed by atoms with Gasteiger partial charge in [-0.1, -0.05) is 29.3 Å². The number of carbonyl (C=O) groups excluding carboxylic acids is 2. The predicted octanol–water partition coefficient (Wildman–Crippen LogP) is 2.36. The minimum absolute atomic E-state index is 0.173. The molecule has 0 aromatic heterocycles. The van der Waals surface area contributed by atoms with E-state index in [1.807, 2.05) is 0 Å². The quantitative estimate of drug-likeness (QED) is 0.821. The molecule has 2 N–H and O–H groups in total. The van der Waals surface area contributed by atoms with Crippen molar-refractivity contribution in [2.45, 2.75) is 13.5 Å². The number of carbonyl (C=O) groups is 2. The number of halogens is 2. The van der Waals surface area contributed by atoms with E-state index < -0.39 is 12.0 Å². The lowest BCUT2D eigenvalue weighted by molar-refractivity contribution is -0.141. The molecule has 0 heterocycles. The van der Waals surface area contributed by atoms with Crippen molar-refractivity contribution in [3.05, 3.63) is 33.8 Å². The van der Waals surface area contributed by atoms with Gasteiger partial charge in [-0.15, -0.1) is 0 Å². The van der Waals surface area contributed by atoms with Crippen LogP contribution in [-0.2, 0) is 16.1 Å². The van der Waals surface area contributed by atoms with Crippen molar-refractivity contribution in [2.75, 3.05) is 13.2 Å². The van der Waals surface area contributed by atoms with Crippen LogP contribution in [0.3, 0.4) is 0 Å². The number of ether oxygens (including phenoxy) is 1. The second kappa shape index (κ2) is 7.86. The highest BCUT2D eigenvalue weighted by Gasteiger charge is 2.06. The van der Waals surface area contributed by atoms with Crippen molar-refractivity contribution in [3.8, 4) is 0 Å². The van der Waals surface area contributed by atoms with Gasteiger partial charge in [0.1, 0.15) is 6.54 Å². The molecule has 0 fully saturated rings. The maximum absolute atomic E-state index is 11.4. The van der Waals surface area contributed by atoms with Gasteiger partial charge in [0, 0.05) is 16.6 Å². The first-order valence-corrected chi connectivity index (χ1v) is 6.39. The molecular weight excluding hydrogens is 291 g/mol. The van der Waals surface area contributed by atoms with Gasteiger partial charge in [0.15, 0.2) is 0 Å². The molecule has 1 rings (SSSR count). The summed E-state index contributed by atoms with van der Waals surface area (Å²) in [6, 6.07) is 4.52. The summed E-state index contributed by atoms with van der Waals surface area (Å²) < 4.78 is 4.67. The Kier molecular flexibility index (Phi) is 6.45. The zero-order valence-electron chi connectivity index (χ0n) is 10.3. The Bertz CT molecular complexity index is 466. The van der Waals surface area contributed by atoms with Gasteiger partial charge in [-0.2, -0.15) is 0 Å². The summed E-state index contributed by atoms with van der Waals surface area (Å²) >= 11 is 11.7. The maximum atomic E-state index is 11.4. The Morgan fingerprint density at radius 2 is 2.00 bits per heavy atom. The molecule has 0 saturated heterocycles. The number of hydrogen-bond acceptors (Lipinski definition) is 3. The van der Waals surface area contributed by atoms with Crippen molar-refractivity contribution < 1.29 is 14.3 Å². The summed E-state index contributed by atoms with van der Waals surface area (Å²) in [5.74, 6) is -0.484. The van der Waals surface area contributed by atoms with Crippen LogP contribution in [0.1, 0.15) is 12.5 Å². The Hall–Kier alpha value is -1.46. The lowest BCUT2D eigenvalue weighted by atomic mass is 10.2. The molecule has 104 valence electrons. The SMILES string of the molecule is CCOC(=O)CNC(=O)NCc1ccc(Cl)cc1Cl. The highest BCUT2D eigenvalue weighted by atomic mass is 35.5. The van der Waals surface area contributed by atoms with Gasteiger partial charge in [-0.05, 0) is 24.6 Å². The molecule has 0 atom stereocenters. The molecular formula is C12H14Cl2N2O3. The van der Waals surface area contributed by atoms with Crippen LogP contribution in [0.2, 0.25) is 10.0 Å². The number of nitrogens with one attached hydrogen (secondary N) is 2. The van der Waals surface area contributed by atoms with Crippen LogP contribution in [0.4, 0.5) is 4.79 Å². The standard InChI is InChI=1S/C12H14Cl2N2O3/c1-2-19-11(17)7-16-12(18)15-6-8-3-4-9(13)5-10(8)14/h3-5H,2,6-7H2,1H3,(H2,15,16,18). The average Bonchev–Trinajstić information content (AvgIpc) is 2.35. The van der Waals surface area contributed by atoms with Gasteiger partial charge < -0.3 is 15.4 Å². The lowest BCUT2D eigenvalue weighted by Crippen LogP contribution is -2.38. The summed E-state index contributed by atoms with van der Waals surface area (Å²) in [7, 11) is 0. The minimum atomic E-state index is -0.484. The van der Waals surface area contributed by atoms with Gasteiger partial charge in [0.05, 0.1) is 6.61 Å². The molecule has 0 radical (unpaired) electrons. The largest absolute Gasteiger partial charge is 0.465 e. The fourth-order valence-electron chi connectivity index (χ4n) is 1.27. The highest BCUT2D eigenvalue weighted by Crippen LogP contribution is 2.20. The molecule has 0 saturated carbocycles. The molecule has 0 bridgehead atoms. The Balaban J connectivity index is 2.36. The van der Waals surface area contributed by atoms with Gasteiger partial charge in [0.25, 0.3) is 0 Å². The molecule has 1 aromatic rings. The number of rotatable bonds is 5. The van der Waals surface area contributed by atoms with E-state index in [-0.39, 0.29) is 19.7 Å². The maximum Gasteiger partial charge on any atom is 0.325 e. The Morgan fingerprint density at radius 1 is 1.26 bits per heavy atom. The van der Waals surface area contributed by atoms with Crippen LogP contribution >= 0.6 is 23.2 Å². The third kappa shape index (κ3) is 5.81. The second-order valence-corrected chi connectivity index (χ2v) is 4.42. The monoisotopic (exact) mass is 304 g/mol. The summed E-state index contributed by atoms with van der Waals surface area (Å²) in [5.41, 5.74) is 0.734. The van der Waals surface area contributed by atoms with Gasteiger partial charge >= 0.3 is 12.0 Å². The second-order valence-electron chi connectivity index (χ2n) is 3.58. The number of amides is 2. The van der Waals surface area contributed by atoms with E-state index in [4.69, 9.17) is 23.2 Å². The van der Waals surface area contributed by atoms with Crippen molar-refractivity contribution in [2.24, 2.45) is 0 Å². The van der Waals surface area contributed by atoms with E-state index in [1.54, 1.807) is 25.1 Å². The van der Waals surface area contributed by atoms with Crippen molar-refractivity contribution in [1.82, 2.24) is 10.6 Å². The van der Waals surface area contributed by atoms with Crippen molar-refractivity contribution in [3.63, 3.8) is 0 Å². The van der Waals surface area contributed by atoms with Crippen LogP contribution in [0.5, 0.6) is 0 Å². The smallest absolute Gasteiger partial charge is 0.325 e. The first-order chi connectivity index (χ1) is 9.02. The number of hydrogen-bond donors (Lipinski definition) is 2. The molecule has 0 aliphatic carbocycles. The molecule has 0 spiro atoms. The summed E-state index contributed by atoms with van der Waals surface area (Å²) in [6.45, 7) is 2.04. The summed E-state index contributed by atoms with van der Waals surface area (Å²) in [4.78, 5) is 22.4. The molecule has 0 unspecified atom stereocenters. The van der Waals surface area contributed by atoms with Crippen LogP contribution in [0, 0.1) is 0 Å². The normalized spacial score (nSPS) is 9.84. The number of benzene rings is 1. The Morgan fingerprint density at radius 3 is 2.63 bits per heavy atom. The fraction of sp³-hybridized carbons (Fsp3) is 0.333. The number of esters is 1. The van der Waals surface area contributed by atoms with Crippen molar-refractivity contribution >= 4 is 35.2 Å². The van der Waals surface area contributed by atoms with Gasteiger partial charge in [-0.3, -0.25) is 4.79 Å². The first kappa shape index (κ1) is 15.6. The highest BCUT2D eigenvalue weighted by molar-refractivity contribution is 6.35. The molecule has 5 nitrogen and oxygen atoms in total. The molecule has 19 heavy (non-hydrogen) atoms. The lowest BCUT2D eigenvalue weighted by Gasteiger charge is -2.08. The van der Waals surface area contributed by atoms with E-state index in [1.165, 1.54) is 0 Å². The van der Waals surface area contributed by atoms with E-state index in [9.17, 15) is 9.59 Å². The zero-order chi connectivity index (χ0) is 14.3. The molecule has 2 amide bonds. The van der Waals surface area contributed by atoms with E-state index >= 15 is 0 Å². The molecule has 7 heteroatoms. The van der Waals surface area contributed by atoms with Crippen LogP contribution in [0.15, 0.2) is 18.2 Å². The fourth-order valence-corrected chi connectivity index (χ4v) is 1.74. The van der Waals surface area contributed by atoms with Crippen LogP contribution < -0.4 is 10.6 Å². The van der Waals surface area contributed by atoms with Gasteiger partial charge in [-0.25, -0.2) is 4.79 Å². The first-order valence-electron chi connectivity index (χ1n) is 5.64. The predicted molar refractivity (Wildman–Crippen MR) is 73.3 cm³/mol. The van der Waals surface area contributed by atoms with Crippen molar-refractivity contribution in [1.29, 1.82) is 0 Å².